The summed E-state index contributed by atoms with van der Waals surface area (Å²) >= 11 is 0. The molecule has 1 aromatic rings. The molecule has 0 unspecified atom stereocenters. The van der Waals surface area contributed by atoms with Crippen LogP contribution in [0.4, 0.5) is 5.69 Å². The molecule has 1 N–H and O–H groups in total. The maximum atomic E-state index is 12.4. The van der Waals surface area contributed by atoms with Crippen LogP contribution in [0, 0.1) is 0 Å². The zero-order chi connectivity index (χ0) is 16.4. The molecule has 5 nitrogen and oxygen atoms in total. The van der Waals surface area contributed by atoms with Gasteiger partial charge < -0.3 is 14.4 Å². The van der Waals surface area contributed by atoms with Gasteiger partial charge in [0.1, 0.15) is 0 Å². The van der Waals surface area contributed by atoms with Crippen LogP contribution in [-0.2, 0) is 24.6 Å². The lowest BCUT2D eigenvalue weighted by atomic mass is 10.2. The molecule has 124 valence electrons. The number of benzene rings is 1. The molecule has 0 fully saturated rings. The van der Waals surface area contributed by atoms with E-state index in [2.05, 4.69) is 12.2 Å². The quantitative estimate of drug-likeness (QED) is 0.639. The highest BCUT2D eigenvalue weighted by atomic mass is 31.2. The minimum absolute atomic E-state index is 0.0175. The van der Waals surface area contributed by atoms with Gasteiger partial charge in [-0.25, -0.2) is 0 Å². The van der Waals surface area contributed by atoms with Gasteiger partial charge in [-0.2, -0.15) is 0 Å². The summed E-state index contributed by atoms with van der Waals surface area (Å²) in [7, 11) is -3.09. The smallest absolute Gasteiger partial charge is 0.326 e. The summed E-state index contributed by atoms with van der Waals surface area (Å²) < 4.78 is 23.0. The summed E-state index contributed by atoms with van der Waals surface area (Å²) in [6.07, 6.45) is 2.65. The maximum absolute atomic E-state index is 12.4. The number of rotatable bonds is 10. The Labute approximate surface area is 132 Å². The predicted molar refractivity (Wildman–Crippen MR) is 89.2 cm³/mol. The third kappa shape index (κ3) is 6.73. The zero-order valence-corrected chi connectivity index (χ0v) is 14.5. The first-order valence-corrected chi connectivity index (χ1v) is 9.52. The molecule has 0 saturated heterocycles. The van der Waals surface area contributed by atoms with E-state index in [1.807, 2.05) is 12.1 Å². The highest BCUT2D eigenvalue weighted by Crippen LogP contribution is 2.51. The molecule has 0 bridgehead atoms. The molecule has 1 rings (SSSR count). The Balaban J connectivity index is 2.64. The summed E-state index contributed by atoms with van der Waals surface area (Å²) in [5.74, 6) is 0.0175. The van der Waals surface area contributed by atoms with E-state index >= 15 is 0 Å². The average Bonchev–Trinajstić information content (AvgIpc) is 2.47. The summed E-state index contributed by atoms with van der Waals surface area (Å²) in [5.41, 5.74) is 1.60. The van der Waals surface area contributed by atoms with Gasteiger partial charge in [-0.1, -0.05) is 25.5 Å². The number of hydrogen-bond acceptors (Lipinski definition) is 4. The molecule has 0 aliphatic heterocycles. The summed E-state index contributed by atoms with van der Waals surface area (Å²) in [4.78, 5) is 11.7. The summed E-state index contributed by atoms with van der Waals surface area (Å²) in [6, 6.07) is 7.28. The van der Waals surface area contributed by atoms with Gasteiger partial charge in [-0.15, -0.1) is 0 Å². The van der Waals surface area contributed by atoms with Crippen LogP contribution in [0.5, 0.6) is 0 Å². The first kappa shape index (κ1) is 18.9. The van der Waals surface area contributed by atoms with Crippen molar-refractivity contribution in [2.24, 2.45) is 0 Å². The van der Waals surface area contributed by atoms with Gasteiger partial charge in [0.15, 0.2) is 0 Å². The van der Waals surface area contributed by atoms with E-state index in [4.69, 9.17) is 9.05 Å². The Morgan fingerprint density at radius 1 is 1.09 bits per heavy atom. The Bertz CT molecular complexity index is 491. The van der Waals surface area contributed by atoms with Crippen LogP contribution < -0.4 is 5.32 Å². The van der Waals surface area contributed by atoms with Crippen LogP contribution in [0.2, 0.25) is 0 Å². The standard InChI is InChI=1S/C16H26NO4P/c1-4-7-8-16(18)17-15-11-9-14(10-12-15)13-22(19,20-5-2)21-6-3/h9-12H,4-8,13H2,1-3H3,(H,17,18). The third-order valence-corrected chi connectivity index (χ3v) is 5.08. The Morgan fingerprint density at radius 3 is 2.18 bits per heavy atom. The SMILES string of the molecule is CCCCC(=O)Nc1ccc(CP(=O)(OCC)OCC)cc1. The molecular weight excluding hydrogens is 301 g/mol. The van der Waals surface area contributed by atoms with Crippen LogP contribution in [-0.4, -0.2) is 19.1 Å². The van der Waals surface area contributed by atoms with Gasteiger partial charge >= 0.3 is 7.60 Å². The van der Waals surface area contributed by atoms with Gasteiger partial charge in [0.25, 0.3) is 0 Å². The van der Waals surface area contributed by atoms with E-state index in [0.717, 1.165) is 24.1 Å². The highest BCUT2D eigenvalue weighted by molar-refractivity contribution is 7.53. The monoisotopic (exact) mass is 327 g/mol. The molecular formula is C16H26NO4P. The molecule has 22 heavy (non-hydrogen) atoms. The maximum Gasteiger partial charge on any atom is 0.335 e. The number of hydrogen-bond donors (Lipinski definition) is 1. The topological polar surface area (TPSA) is 64.6 Å². The van der Waals surface area contributed by atoms with Crippen molar-refractivity contribution in [3.63, 3.8) is 0 Å². The number of carbonyl (C=O) groups excluding carboxylic acids is 1. The Hall–Kier alpha value is -1.16. The van der Waals surface area contributed by atoms with E-state index in [1.54, 1.807) is 26.0 Å². The Morgan fingerprint density at radius 2 is 1.68 bits per heavy atom. The molecule has 1 amide bonds. The number of unbranched alkanes of at least 4 members (excludes halogenated alkanes) is 1. The van der Waals surface area contributed by atoms with E-state index in [-0.39, 0.29) is 12.1 Å². The van der Waals surface area contributed by atoms with E-state index in [0.29, 0.717) is 19.6 Å². The predicted octanol–water partition coefficient (Wildman–Crippen LogP) is 4.58. The first-order valence-electron chi connectivity index (χ1n) is 7.80. The van der Waals surface area contributed by atoms with E-state index < -0.39 is 7.60 Å². The first-order chi connectivity index (χ1) is 10.5. The van der Waals surface area contributed by atoms with Crippen LogP contribution >= 0.6 is 7.60 Å². The molecule has 0 aliphatic carbocycles. The number of carbonyl (C=O) groups is 1. The fourth-order valence-corrected chi connectivity index (χ4v) is 3.70. The van der Waals surface area contributed by atoms with Crippen molar-refractivity contribution >= 4 is 19.2 Å². The largest absolute Gasteiger partial charge is 0.335 e. The molecule has 0 atom stereocenters. The van der Waals surface area contributed by atoms with Crippen molar-refractivity contribution in [1.29, 1.82) is 0 Å². The molecule has 0 saturated carbocycles. The molecule has 0 radical (unpaired) electrons. The Kier molecular flexibility index (Phi) is 8.39. The number of amides is 1. The minimum Gasteiger partial charge on any atom is -0.326 e. The van der Waals surface area contributed by atoms with Gasteiger partial charge in [0.05, 0.1) is 19.4 Å². The van der Waals surface area contributed by atoms with Gasteiger partial charge in [-0.3, -0.25) is 9.36 Å². The number of nitrogens with one attached hydrogen (secondary N) is 1. The van der Waals surface area contributed by atoms with Crippen LogP contribution in [0.3, 0.4) is 0 Å². The van der Waals surface area contributed by atoms with E-state index in [9.17, 15) is 9.36 Å². The lowest BCUT2D eigenvalue weighted by Crippen LogP contribution is -2.10. The zero-order valence-electron chi connectivity index (χ0n) is 13.6. The third-order valence-electron chi connectivity index (χ3n) is 3.02. The molecule has 0 heterocycles. The van der Waals surface area contributed by atoms with Crippen LogP contribution in [0.1, 0.15) is 45.6 Å². The minimum atomic E-state index is -3.09. The lowest BCUT2D eigenvalue weighted by molar-refractivity contribution is -0.116. The highest BCUT2D eigenvalue weighted by Gasteiger charge is 2.23. The van der Waals surface area contributed by atoms with E-state index in [1.165, 1.54) is 0 Å². The molecule has 0 aromatic heterocycles. The van der Waals surface area contributed by atoms with Crippen molar-refractivity contribution in [3.05, 3.63) is 29.8 Å². The van der Waals surface area contributed by atoms with Crippen molar-refractivity contribution in [2.45, 2.75) is 46.2 Å². The summed E-state index contributed by atoms with van der Waals surface area (Å²) in [6.45, 7) is 6.34. The second kappa shape index (κ2) is 9.78. The molecule has 0 aliphatic rings. The van der Waals surface area contributed by atoms with Crippen molar-refractivity contribution in [3.8, 4) is 0 Å². The summed E-state index contributed by atoms with van der Waals surface area (Å²) in [5, 5.41) is 2.85. The van der Waals surface area contributed by atoms with Crippen molar-refractivity contribution in [1.82, 2.24) is 0 Å². The van der Waals surface area contributed by atoms with Gasteiger partial charge in [0.2, 0.25) is 5.91 Å². The van der Waals surface area contributed by atoms with Gasteiger partial charge in [-0.05, 0) is 38.0 Å². The normalized spacial score (nSPS) is 11.4. The molecule has 0 spiro atoms. The van der Waals surface area contributed by atoms with Crippen LogP contribution in [0.15, 0.2) is 24.3 Å². The van der Waals surface area contributed by atoms with Crippen LogP contribution in [0.25, 0.3) is 0 Å². The average molecular weight is 327 g/mol. The second-order valence-electron chi connectivity index (χ2n) is 4.95. The van der Waals surface area contributed by atoms with Gasteiger partial charge in [0, 0.05) is 12.1 Å². The van der Waals surface area contributed by atoms with Crippen molar-refractivity contribution in [2.75, 3.05) is 18.5 Å². The molecule has 6 heteroatoms. The van der Waals surface area contributed by atoms with Crippen molar-refractivity contribution < 1.29 is 18.4 Å². The molecule has 1 aromatic carbocycles. The lowest BCUT2D eigenvalue weighted by Gasteiger charge is -2.17. The second-order valence-corrected chi connectivity index (χ2v) is 7.01. The number of anilines is 1. The fourth-order valence-electron chi connectivity index (χ4n) is 2.00. The fraction of sp³-hybridized carbons (Fsp3) is 0.562.